The van der Waals surface area contributed by atoms with Crippen LogP contribution in [0.25, 0.3) is 10.8 Å². The number of thioether (sulfide) groups is 1. The molecule has 0 aliphatic carbocycles. The smallest absolute Gasteiger partial charge is 0.173 e. The van der Waals surface area contributed by atoms with E-state index in [9.17, 15) is 15.3 Å². The van der Waals surface area contributed by atoms with Gasteiger partial charge in [-0.2, -0.15) is 0 Å². The molecule has 1 saturated heterocycles. The molecule has 5 nitrogen and oxygen atoms in total. The van der Waals surface area contributed by atoms with Crippen LogP contribution in [0.1, 0.15) is 5.56 Å². The third-order valence-corrected chi connectivity index (χ3v) is 5.73. The fraction of sp³-hybridized carbons (Fsp3) is 0.444. The standard InChI is InChI=1S/C18H22O5S/c1-10-3-4-12-8-13(6-5-11(12)7-10)23-18-17(22-2)16(21)15(20)14(9-19)24-18/h3-8,14-21H,9H2,1-2H3/t14-,15-,16+,17-,18-/m1/s1. The first-order valence-corrected chi connectivity index (χ1v) is 8.80. The summed E-state index contributed by atoms with van der Waals surface area (Å²) in [7, 11) is 1.47. The number of hydrogen-bond donors (Lipinski definition) is 3. The Morgan fingerprint density at radius 2 is 1.75 bits per heavy atom. The van der Waals surface area contributed by atoms with Crippen molar-refractivity contribution in [2.75, 3.05) is 13.7 Å². The maximum Gasteiger partial charge on any atom is 0.173 e. The van der Waals surface area contributed by atoms with E-state index in [0.29, 0.717) is 5.75 Å². The van der Waals surface area contributed by atoms with E-state index in [1.54, 1.807) is 0 Å². The number of aliphatic hydroxyl groups excluding tert-OH is 3. The van der Waals surface area contributed by atoms with Gasteiger partial charge in [-0.1, -0.05) is 29.8 Å². The molecule has 1 aliphatic rings. The van der Waals surface area contributed by atoms with Gasteiger partial charge in [-0.15, -0.1) is 11.8 Å². The van der Waals surface area contributed by atoms with Gasteiger partial charge in [-0.3, -0.25) is 0 Å². The molecule has 0 unspecified atom stereocenters. The Kier molecular flexibility index (Phi) is 5.32. The van der Waals surface area contributed by atoms with Crippen LogP contribution in [0.3, 0.4) is 0 Å². The van der Waals surface area contributed by atoms with Crippen molar-refractivity contribution < 1.29 is 24.8 Å². The number of rotatable bonds is 4. The number of hydrogen-bond acceptors (Lipinski definition) is 6. The largest absolute Gasteiger partial charge is 0.477 e. The zero-order valence-electron chi connectivity index (χ0n) is 13.6. The molecule has 0 amide bonds. The molecule has 1 fully saturated rings. The molecule has 0 bridgehead atoms. The molecule has 1 heterocycles. The highest BCUT2D eigenvalue weighted by Crippen LogP contribution is 2.36. The highest BCUT2D eigenvalue weighted by molar-refractivity contribution is 8.00. The molecule has 130 valence electrons. The van der Waals surface area contributed by atoms with E-state index >= 15 is 0 Å². The van der Waals surface area contributed by atoms with Crippen molar-refractivity contribution in [3.63, 3.8) is 0 Å². The molecule has 0 radical (unpaired) electrons. The molecule has 0 spiro atoms. The molecule has 6 heteroatoms. The molecule has 2 aromatic carbocycles. The number of ether oxygens (including phenoxy) is 2. The molecule has 3 rings (SSSR count). The summed E-state index contributed by atoms with van der Waals surface area (Å²) in [5.41, 5.74) is 0.676. The summed E-state index contributed by atoms with van der Waals surface area (Å²) >= 11 is 1.27. The Hall–Kier alpha value is -1.31. The first-order chi connectivity index (χ1) is 11.5. The molecular weight excluding hydrogens is 328 g/mol. The van der Waals surface area contributed by atoms with E-state index in [2.05, 4.69) is 6.07 Å². The number of benzene rings is 2. The average Bonchev–Trinajstić information content (AvgIpc) is 2.58. The number of aryl methyl sites for hydroxylation is 1. The second kappa shape index (κ2) is 7.29. The topological polar surface area (TPSA) is 79.2 Å². The zero-order chi connectivity index (χ0) is 17.3. The molecule has 1 aliphatic heterocycles. The minimum absolute atomic E-state index is 0.240. The van der Waals surface area contributed by atoms with Gasteiger partial charge in [0.2, 0.25) is 0 Å². The molecular formula is C18H22O5S. The Balaban J connectivity index is 1.84. The Bertz CT molecular complexity index is 707. The van der Waals surface area contributed by atoms with Gasteiger partial charge in [0.25, 0.3) is 0 Å². The highest BCUT2D eigenvalue weighted by atomic mass is 32.2. The first kappa shape index (κ1) is 17.5. The van der Waals surface area contributed by atoms with Crippen molar-refractivity contribution in [3.05, 3.63) is 42.0 Å². The summed E-state index contributed by atoms with van der Waals surface area (Å²) in [6, 6.07) is 12.0. The lowest BCUT2D eigenvalue weighted by atomic mass is 10.0. The lowest BCUT2D eigenvalue weighted by Gasteiger charge is -2.40. The lowest BCUT2D eigenvalue weighted by molar-refractivity contribution is -0.106. The Labute approximate surface area is 145 Å². The third-order valence-electron chi connectivity index (χ3n) is 4.32. The SMILES string of the molecule is CO[C@@H]1[C@@H](O)[C@H](O)[C@@H](CO)S[C@H]1Oc1ccc2cc(C)ccc2c1. The van der Waals surface area contributed by atoms with Crippen LogP contribution in [-0.4, -0.2) is 58.0 Å². The van der Waals surface area contributed by atoms with Crippen molar-refractivity contribution in [1.82, 2.24) is 0 Å². The summed E-state index contributed by atoms with van der Waals surface area (Å²) in [5.74, 6) is 0.659. The van der Waals surface area contributed by atoms with Crippen LogP contribution in [0.2, 0.25) is 0 Å². The van der Waals surface area contributed by atoms with Crippen LogP contribution >= 0.6 is 11.8 Å². The van der Waals surface area contributed by atoms with Gasteiger partial charge in [0.1, 0.15) is 18.0 Å². The van der Waals surface area contributed by atoms with Crippen molar-refractivity contribution in [1.29, 1.82) is 0 Å². The molecule has 0 saturated carbocycles. The summed E-state index contributed by atoms with van der Waals surface area (Å²) < 4.78 is 11.3. The molecule has 2 aromatic rings. The van der Waals surface area contributed by atoms with E-state index in [-0.39, 0.29) is 6.61 Å². The van der Waals surface area contributed by atoms with Crippen molar-refractivity contribution in [2.45, 2.75) is 35.9 Å². The fourth-order valence-electron chi connectivity index (χ4n) is 2.95. The normalized spacial score (nSPS) is 30.5. The number of methoxy groups -OCH3 is 1. The van der Waals surface area contributed by atoms with Crippen LogP contribution < -0.4 is 4.74 Å². The van der Waals surface area contributed by atoms with E-state index in [0.717, 1.165) is 10.8 Å². The van der Waals surface area contributed by atoms with Crippen molar-refractivity contribution in [3.8, 4) is 5.75 Å². The van der Waals surface area contributed by atoms with Crippen LogP contribution in [0.5, 0.6) is 5.75 Å². The fourth-order valence-corrected chi connectivity index (χ4v) is 4.30. The number of aliphatic hydroxyl groups is 3. The second-order valence-electron chi connectivity index (χ2n) is 6.04. The third kappa shape index (κ3) is 3.38. The van der Waals surface area contributed by atoms with E-state index < -0.39 is 29.0 Å². The van der Waals surface area contributed by atoms with Crippen LogP contribution in [-0.2, 0) is 4.74 Å². The van der Waals surface area contributed by atoms with Crippen LogP contribution in [0, 0.1) is 6.92 Å². The molecule has 5 atom stereocenters. The predicted molar refractivity (Wildman–Crippen MR) is 94.4 cm³/mol. The average molecular weight is 350 g/mol. The van der Waals surface area contributed by atoms with Gasteiger partial charge in [-0.05, 0) is 29.8 Å². The van der Waals surface area contributed by atoms with Crippen molar-refractivity contribution >= 4 is 22.5 Å². The molecule has 24 heavy (non-hydrogen) atoms. The van der Waals surface area contributed by atoms with Crippen molar-refractivity contribution in [2.24, 2.45) is 0 Å². The van der Waals surface area contributed by atoms with Gasteiger partial charge in [-0.25, -0.2) is 0 Å². The van der Waals surface area contributed by atoms with Gasteiger partial charge < -0.3 is 24.8 Å². The van der Waals surface area contributed by atoms with Gasteiger partial charge in [0.05, 0.1) is 18.0 Å². The van der Waals surface area contributed by atoms with E-state index in [1.165, 1.54) is 24.4 Å². The molecule has 0 aromatic heterocycles. The maximum atomic E-state index is 10.2. The second-order valence-corrected chi connectivity index (χ2v) is 7.38. The summed E-state index contributed by atoms with van der Waals surface area (Å²) in [5, 5.41) is 31.3. The summed E-state index contributed by atoms with van der Waals surface area (Å²) in [6.07, 6.45) is -2.84. The van der Waals surface area contributed by atoms with Gasteiger partial charge >= 0.3 is 0 Å². The highest BCUT2D eigenvalue weighted by Gasteiger charge is 2.45. The minimum atomic E-state index is -1.11. The monoisotopic (exact) mass is 350 g/mol. The van der Waals surface area contributed by atoms with Crippen LogP contribution in [0.4, 0.5) is 0 Å². The summed E-state index contributed by atoms with van der Waals surface area (Å²) in [4.78, 5) is 0. The van der Waals surface area contributed by atoms with Gasteiger partial charge in [0.15, 0.2) is 5.44 Å². The quantitative estimate of drug-likeness (QED) is 0.779. The number of fused-ring (bicyclic) bond motifs is 1. The zero-order valence-corrected chi connectivity index (χ0v) is 14.4. The maximum absolute atomic E-state index is 10.2. The van der Waals surface area contributed by atoms with E-state index in [1.807, 2.05) is 37.3 Å². The Morgan fingerprint density at radius 1 is 1.04 bits per heavy atom. The minimum Gasteiger partial charge on any atom is -0.477 e. The summed E-state index contributed by atoms with van der Waals surface area (Å²) in [6.45, 7) is 1.81. The van der Waals surface area contributed by atoms with Crippen LogP contribution in [0.15, 0.2) is 36.4 Å². The lowest BCUT2D eigenvalue weighted by Crippen LogP contribution is -2.56. The van der Waals surface area contributed by atoms with Gasteiger partial charge in [0, 0.05) is 7.11 Å². The Morgan fingerprint density at radius 3 is 2.46 bits per heavy atom. The predicted octanol–water partition coefficient (Wildman–Crippen LogP) is 1.70. The molecule has 3 N–H and O–H groups in total. The first-order valence-electron chi connectivity index (χ1n) is 7.86. The van der Waals surface area contributed by atoms with E-state index in [4.69, 9.17) is 9.47 Å².